The molecule has 1 saturated heterocycles. The second-order valence-corrected chi connectivity index (χ2v) is 5.04. The number of rotatable bonds is 4. The first-order valence-electron chi connectivity index (χ1n) is 6.55. The number of aromatic nitrogens is 3. The maximum atomic E-state index is 5.52. The third-order valence-corrected chi connectivity index (χ3v) is 3.76. The Morgan fingerprint density at radius 2 is 2.00 bits per heavy atom. The molecule has 2 N–H and O–H groups in total. The van der Waals surface area contributed by atoms with Crippen molar-refractivity contribution >= 4 is 0 Å². The molecule has 0 aromatic carbocycles. The maximum absolute atomic E-state index is 5.52. The third-order valence-electron chi connectivity index (χ3n) is 3.76. The van der Waals surface area contributed by atoms with Crippen molar-refractivity contribution in [2.24, 2.45) is 5.73 Å². The van der Waals surface area contributed by atoms with E-state index in [2.05, 4.69) is 29.1 Å². The van der Waals surface area contributed by atoms with Crippen LogP contribution in [0.2, 0.25) is 0 Å². The molecule has 0 bridgehead atoms. The topological polar surface area (TPSA) is 60.0 Å². The Morgan fingerprint density at radius 1 is 1.29 bits per heavy atom. The molecule has 1 fully saturated rings. The van der Waals surface area contributed by atoms with E-state index < -0.39 is 0 Å². The number of piperidine rings is 1. The lowest BCUT2D eigenvalue weighted by Crippen LogP contribution is -2.45. The van der Waals surface area contributed by atoms with Gasteiger partial charge in [-0.2, -0.15) is 0 Å². The molecule has 0 aliphatic carbocycles. The van der Waals surface area contributed by atoms with E-state index in [1.807, 2.05) is 10.9 Å². The van der Waals surface area contributed by atoms with Crippen LogP contribution in [0.3, 0.4) is 0 Å². The smallest absolute Gasteiger partial charge is 0.0962 e. The Hall–Kier alpha value is -0.940. The fraction of sp³-hybridized carbons (Fsp3) is 0.833. The number of likely N-dealkylation sites (tertiary alicyclic amines) is 1. The minimum absolute atomic E-state index is 0.469. The van der Waals surface area contributed by atoms with Crippen molar-refractivity contribution in [2.45, 2.75) is 58.3 Å². The van der Waals surface area contributed by atoms with E-state index in [4.69, 9.17) is 5.73 Å². The highest BCUT2D eigenvalue weighted by Gasteiger charge is 2.24. The summed E-state index contributed by atoms with van der Waals surface area (Å²) in [6, 6.07) is 1.38. The van der Waals surface area contributed by atoms with E-state index in [1.54, 1.807) is 0 Å². The van der Waals surface area contributed by atoms with Crippen molar-refractivity contribution in [3.63, 3.8) is 0 Å². The van der Waals surface area contributed by atoms with Crippen molar-refractivity contribution in [1.29, 1.82) is 0 Å². The quantitative estimate of drug-likeness (QED) is 0.848. The predicted octanol–water partition coefficient (Wildman–Crippen LogP) is 1.000. The normalized spacial score (nSPS) is 26.3. The first-order valence-corrected chi connectivity index (χ1v) is 6.55. The van der Waals surface area contributed by atoms with E-state index in [0.717, 1.165) is 18.8 Å². The van der Waals surface area contributed by atoms with Gasteiger partial charge < -0.3 is 5.73 Å². The highest BCUT2D eigenvalue weighted by molar-refractivity contribution is 4.90. The van der Waals surface area contributed by atoms with Gasteiger partial charge in [-0.05, 0) is 26.7 Å². The zero-order chi connectivity index (χ0) is 12.3. The molecule has 0 unspecified atom stereocenters. The molecule has 5 nitrogen and oxygen atoms in total. The van der Waals surface area contributed by atoms with Gasteiger partial charge in [0.2, 0.25) is 0 Å². The van der Waals surface area contributed by atoms with Gasteiger partial charge >= 0.3 is 0 Å². The monoisotopic (exact) mass is 237 g/mol. The Kier molecular flexibility index (Phi) is 4.12. The first kappa shape index (κ1) is 12.5. The molecule has 2 rings (SSSR count). The molecule has 0 amide bonds. The molecule has 1 aromatic heterocycles. The van der Waals surface area contributed by atoms with E-state index in [-0.39, 0.29) is 0 Å². The van der Waals surface area contributed by atoms with Gasteiger partial charge in [0, 0.05) is 31.4 Å². The van der Waals surface area contributed by atoms with Crippen LogP contribution in [0.5, 0.6) is 0 Å². The van der Waals surface area contributed by atoms with Gasteiger partial charge in [-0.15, -0.1) is 5.10 Å². The average molecular weight is 237 g/mol. The third kappa shape index (κ3) is 3.04. The molecule has 0 spiro atoms. The molecule has 5 heteroatoms. The molecule has 96 valence electrons. The zero-order valence-corrected chi connectivity index (χ0v) is 10.8. The predicted molar refractivity (Wildman–Crippen MR) is 67.4 cm³/mol. The molecular weight excluding hydrogens is 214 g/mol. The van der Waals surface area contributed by atoms with Gasteiger partial charge in [-0.3, -0.25) is 9.58 Å². The minimum Gasteiger partial charge on any atom is -0.325 e. The molecule has 17 heavy (non-hydrogen) atoms. The van der Waals surface area contributed by atoms with E-state index in [0.29, 0.717) is 18.6 Å². The van der Waals surface area contributed by atoms with Crippen LogP contribution in [0.4, 0.5) is 0 Å². The molecule has 1 aliphatic rings. The summed E-state index contributed by atoms with van der Waals surface area (Å²) in [7, 11) is 0. The molecule has 1 aromatic rings. The van der Waals surface area contributed by atoms with Crippen molar-refractivity contribution < 1.29 is 0 Å². The lowest BCUT2D eigenvalue weighted by atomic mass is 9.98. The number of hydrogen-bond donors (Lipinski definition) is 1. The SMILES string of the molecule is C[C@@H]1CCC[C@H](C)N1CCn1cc(CN)nn1. The van der Waals surface area contributed by atoms with Gasteiger partial charge in [-0.25, -0.2) is 0 Å². The molecule has 0 radical (unpaired) electrons. The highest BCUT2D eigenvalue weighted by Crippen LogP contribution is 2.21. The molecule has 1 aliphatic heterocycles. The van der Waals surface area contributed by atoms with Crippen LogP contribution in [-0.2, 0) is 13.1 Å². The van der Waals surface area contributed by atoms with Crippen molar-refractivity contribution in [3.8, 4) is 0 Å². The minimum atomic E-state index is 0.469. The summed E-state index contributed by atoms with van der Waals surface area (Å²) in [5.41, 5.74) is 6.39. The molecule has 2 atom stereocenters. The van der Waals surface area contributed by atoms with Gasteiger partial charge in [0.1, 0.15) is 0 Å². The number of nitrogens with two attached hydrogens (primary N) is 1. The summed E-state index contributed by atoms with van der Waals surface area (Å²) in [4.78, 5) is 2.58. The van der Waals surface area contributed by atoms with Crippen LogP contribution >= 0.6 is 0 Å². The lowest BCUT2D eigenvalue weighted by molar-refractivity contribution is 0.0976. The summed E-state index contributed by atoms with van der Waals surface area (Å²) in [5.74, 6) is 0. The summed E-state index contributed by atoms with van der Waals surface area (Å²) in [6.07, 6.45) is 5.93. The van der Waals surface area contributed by atoms with E-state index in [9.17, 15) is 0 Å². The summed E-state index contributed by atoms with van der Waals surface area (Å²) >= 11 is 0. The average Bonchev–Trinajstić information content (AvgIpc) is 2.76. The van der Waals surface area contributed by atoms with Crippen LogP contribution in [-0.4, -0.2) is 38.5 Å². The second kappa shape index (κ2) is 5.60. The van der Waals surface area contributed by atoms with Gasteiger partial charge in [0.15, 0.2) is 0 Å². The van der Waals surface area contributed by atoms with Crippen LogP contribution in [0.1, 0.15) is 38.8 Å². The van der Waals surface area contributed by atoms with E-state index in [1.165, 1.54) is 19.3 Å². The van der Waals surface area contributed by atoms with E-state index >= 15 is 0 Å². The molecule has 2 heterocycles. The van der Waals surface area contributed by atoms with Gasteiger partial charge in [-0.1, -0.05) is 11.6 Å². The number of hydrogen-bond acceptors (Lipinski definition) is 4. The highest BCUT2D eigenvalue weighted by atomic mass is 15.4. The van der Waals surface area contributed by atoms with Crippen molar-refractivity contribution in [1.82, 2.24) is 19.9 Å². The summed E-state index contributed by atoms with van der Waals surface area (Å²) in [6.45, 7) is 7.07. The second-order valence-electron chi connectivity index (χ2n) is 5.04. The maximum Gasteiger partial charge on any atom is 0.0962 e. The Bertz CT molecular complexity index is 338. The van der Waals surface area contributed by atoms with Crippen molar-refractivity contribution in [3.05, 3.63) is 11.9 Å². The number of nitrogens with zero attached hydrogens (tertiary/aromatic N) is 4. The van der Waals surface area contributed by atoms with Crippen LogP contribution in [0, 0.1) is 0 Å². The fourth-order valence-electron chi connectivity index (χ4n) is 2.67. The largest absolute Gasteiger partial charge is 0.325 e. The zero-order valence-electron chi connectivity index (χ0n) is 10.8. The molecular formula is C12H23N5. The lowest BCUT2D eigenvalue weighted by Gasteiger charge is -2.38. The van der Waals surface area contributed by atoms with Crippen LogP contribution in [0.25, 0.3) is 0 Å². The Balaban J connectivity index is 1.87. The van der Waals surface area contributed by atoms with Gasteiger partial charge in [0.05, 0.1) is 12.2 Å². The summed E-state index contributed by atoms with van der Waals surface area (Å²) < 4.78 is 1.90. The summed E-state index contributed by atoms with van der Waals surface area (Å²) in [5, 5.41) is 8.09. The van der Waals surface area contributed by atoms with Crippen LogP contribution < -0.4 is 5.73 Å². The Morgan fingerprint density at radius 3 is 2.59 bits per heavy atom. The Labute approximate surface area is 103 Å². The fourth-order valence-corrected chi connectivity index (χ4v) is 2.67. The first-order chi connectivity index (χ1) is 8.20. The molecule has 0 saturated carbocycles. The van der Waals surface area contributed by atoms with Crippen LogP contribution in [0.15, 0.2) is 6.20 Å². The van der Waals surface area contributed by atoms with Crippen molar-refractivity contribution in [2.75, 3.05) is 6.54 Å². The van der Waals surface area contributed by atoms with Gasteiger partial charge in [0.25, 0.3) is 0 Å². The standard InChI is InChI=1S/C12H23N5/c1-10-4-3-5-11(2)17(10)7-6-16-9-12(8-13)14-15-16/h9-11H,3-8,13H2,1-2H3/t10-,11+.